The number of nitrogens with one attached hydrogen (secondary N) is 1. The molecule has 1 aliphatic heterocycles. The predicted octanol–water partition coefficient (Wildman–Crippen LogP) is 0.754. The van der Waals surface area contributed by atoms with Crippen molar-refractivity contribution in [1.82, 2.24) is 9.21 Å². The third-order valence-electron chi connectivity index (χ3n) is 3.62. The van der Waals surface area contributed by atoms with Crippen LogP contribution < -0.4 is 11.1 Å². The first-order valence-corrected chi connectivity index (χ1v) is 8.66. The van der Waals surface area contributed by atoms with Crippen LogP contribution in [0.5, 0.6) is 0 Å². The molecule has 10 heteroatoms. The van der Waals surface area contributed by atoms with Crippen molar-refractivity contribution in [1.29, 1.82) is 0 Å². The van der Waals surface area contributed by atoms with E-state index in [1.54, 1.807) is 18.2 Å². The largest absolute Gasteiger partial charge is 0.325 e. The van der Waals surface area contributed by atoms with Crippen molar-refractivity contribution in [2.75, 3.05) is 45.1 Å². The second kappa shape index (κ2) is 10.2. The Bertz CT molecular complexity index is 643. The van der Waals surface area contributed by atoms with Crippen molar-refractivity contribution in [3.05, 3.63) is 24.3 Å². The van der Waals surface area contributed by atoms with Gasteiger partial charge in [0.05, 0.1) is 11.4 Å². The highest BCUT2D eigenvalue weighted by molar-refractivity contribution is 7.89. The molecule has 2 rings (SSSR count). The predicted molar refractivity (Wildman–Crippen MR) is 99.5 cm³/mol. The highest BCUT2D eigenvalue weighted by Crippen LogP contribution is 2.20. The number of hydrogen-bond donors (Lipinski definition) is 2. The van der Waals surface area contributed by atoms with E-state index in [0.717, 1.165) is 13.0 Å². The molecule has 1 aliphatic rings. The second-order valence-electron chi connectivity index (χ2n) is 5.34. The number of anilines is 1. The van der Waals surface area contributed by atoms with E-state index in [-0.39, 0.29) is 42.2 Å². The fraction of sp³-hybridized carbons (Fsp3) is 0.500. The van der Waals surface area contributed by atoms with Crippen LogP contribution in [-0.2, 0) is 14.8 Å². The minimum atomic E-state index is -3.55. The van der Waals surface area contributed by atoms with Gasteiger partial charge in [0.1, 0.15) is 0 Å². The van der Waals surface area contributed by atoms with E-state index in [1.165, 1.54) is 10.4 Å². The molecule has 1 aromatic rings. The molecule has 138 valence electrons. The maximum Gasteiger partial charge on any atom is 0.243 e. The van der Waals surface area contributed by atoms with Gasteiger partial charge in [0.25, 0.3) is 0 Å². The summed E-state index contributed by atoms with van der Waals surface area (Å²) in [5.74, 6) is -0.356. The number of rotatable bonds is 4. The lowest BCUT2D eigenvalue weighted by Gasteiger charge is -2.20. The summed E-state index contributed by atoms with van der Waals surface area (Å²) in [6, 6.07) is 6.27. The number of hydrogen-bond acceptors (Lipinski definition) is 5. The summed E-state index contributed by atoms with van der Waals surface area (Å²) in [6.45, 7) is 2.43. The average molecular weight is 399 g/mol. The minimum Gasteiger partial charge on any atom is -0.325 e. The fourth-order valence-corrected chi connectivity index (χ4v) is 3.87. The van der Waals surface area contributed by atoms with E-state index in [1.807, 2.05) is 7.05 Å². The number of likely N-dealkylation sites (N-methyl/N-ethyl adjacent to an activating group) is 1. The van der Waals surface area contributed by atoms with Crippen LogP contribution in [0.1, 0.15) is 6.42 Å². The van der Waals surface area contributed by atoms with Crippen LogP contribution in [0.3, 0.4) is 0 Å². The summed E-state index contributed by atoms with van der Waals surface area (Å²) in [7, 11) is -1.56. The Kier molecular flexibility index (Phi) is 9.79. The lowest BCUT2D eigenvalue weighted by Crippen LogP contribution is -2.34. The molecule has 24 heavy (non-hydrogen) atoms. The molecular weight excluding hydrogens is 375 g/mol. The van der Waals surface area contributed by atoms with Crippen molar-refractivity contribution in [2.24, 2.45) is 5.73 Å². The zero-order valence-electron chi connectivity index (χ0n) is 13.5. The lowest BCUT2D eigenvalue weighted by atomic mass is 10.3. The summed E-state index contributed by atoms with van der Waals surface area (Å²) in [4.78, 5) is 13.6. The van der Waals surface area contributed by atoms with Gasteiger partial charge >= 0.3 is 0 Å². The van der Waals surface area contributed by atoms with Crippen LogP contribution in [0.25, 0.3) is 0 Å². The first kappa shape index (κ1) is 23.1. The topological polar surface area (TPSA) is 95.7 Å². The Balaban J connectivity index is 0.00000264. The Morgan fingerprint density at radius 2 is 1.92 bits per heavy atom. The van der Waals surface area contributed by atoms with Crippen LogP contribution in [-0.4, -0.2) is 63.3 Å². The summed E-state index contributed by atoms with van der Waals surface area (Å²) in [6.07, 6.45) is 0.805. The van der Waals surface area contributed by atoms with Gasteiger partial charge in [-0.25, -0.2) is 8.42 Å². The Morgan fingerprint density at radius 1 is 1.21 bits per heavy atom. The average Bonchev–Trinajstić information content (AvgIpc) is 2.72. The van der Waals surface area contributed by atoms with Gasteiger partial charge in [0.15, 0.2) is 0 Å². The molecule has 1 amide bonds. The molecule has 0 radical (unpaired) electrons. The van der Waals surface area contributed by atoms with E-state index in [9.17, 15) is 13.2 Å². The molecule has 7 nitrogen and oxygen atoms in total. The number of benzene rings is 1. The quantitative estimate of drug-likeness (QED) is 0.779. The molecule has 1 aromatic carbocycles. The molecule has 1 heterocycles. The third kappa shape index (κ3) is 5.87. The van der Waals surface area contributed by atoms with Crippen LogP contribution in [0.2, 0.25) is 0 Å². The Labute approximate surface area is 155 Å². The lowest BCUT2D eigenvalue weighted by molar-refractivity contribution is -0.114. The van der Waals surface area contributed by atoms with Gasteiger partial charge in [0.2, 0.25) is 15.9 Å². The number of nitrogens with two attached hydrogens (primary N) is 1. The summed E-state index contributed by atoms with van der Waals surface area (Å²) < 4.78 is 26.9. The van der Waals surface area contributed by atoms with Crippen LogP contribution >= 0.6 is 24.8 Å². The first-order valence-electron chi connectivity index (χ1n) is 7.22. The molecular formula is C14H24Cl2N4O3S. The van der Waals surface area contributed by atoms with Crippen LogP contribution in [0.15, 0.2) is 29.2 Å². The van der Waals surface area contributed by atoms with Crippen LogP contribution in [0.4, 0.5) is 5.69 Å². The zero-order chi connectivity index (χ0) is 16.2. The highest BCUT2D eigenvalue weighted by atomic mass is 35.5. The van der Waals surface area contributed by atoms with E-state index < -0.39 is 10.0 Å². The molecule has 0 saturated carbocycles. The van der Waals surface area contributed by atoms with Gasteiger partial charge in [0, 0.05) is 25.3 Å². The second-order valence-corrected chi connectivity index (χ2v) is 7.28. The van der Waals surface area contributed by atoms with Crippen molar-refractivity contribution in [3.8, 4) is 0 Å². The molecule has 0 spiro atoms. The Morgan fingerprint density at radius 3 is 2.58 bits per heavy atom. The standard InChI is InChI=1S/C14H22N4O3S.2ClH/c1-17-6-3-7-18(9-8-17)22(20,21)13-5-2-4-12(10-13)16-14(19)11-15;;/h2,4-5,10H,3,6-9,11,15H2,1H3,(H,16,19);2*1H. The number of halogens is 2. The van der Waals surface area contributed by atoms with Gasteiger partial charge < -0.3 is 16.0 Å². The van der Waals surface area contributed by atoms with Crippen molar-refractivity contribution >= 4 is 46.4 Å². The van der Waals surface area contributed by atoms with Crippen molar-refractivity contribution in [2.45, 2.75) is 11.3 Å². The van der Waals surface area contributed by atoms with E-state index in [2.05, 4.69) is 10.2 Å². The molecule has 0 unspecified atom stereocenters. The van der Waals surface area contributed by atoms with E-state index in [0.29, 0.717) is 25.3 Å². The van der Waals surface area contributed by atoms with Gasteiger partial charge in [-0.05, 0) is 38.2 Å². The number of sulfonamides is 1. The van der Waals surface area contributed by atoms with E-state index >= 15 is 0 Å². The van der Waals surface area contributed by atoms with Crippen LogP contribution in [0, 0.1) is 0 Å². The number of carbonyl (C=O) groups is 1. The highest BCUT2D eigenvalue weighted by Gasteiger charge is 2.26. The maximum atomic E-state index is 12.7. The third-order valence-corrected chi connectivity index (χ3v) is 5.51. The number of amides is 1. The minimum absolute atomic E-state index is 0. The summed E-state index contributed by atoms with van der Waals surface area (Å²) in [5, 5.41) is 2.57. The monoisotopic (exact) mass is 398 g/mol. The van der Waals surface area contributed by atoms with Crippen molar-refractivity contribution < 1.29 is 13.2 Å². The maximum absolute atomic E-state index is 12.7. The summed E-state index contributed by atoms with van der Waals surface area (Å²) >= 11 is 0. The Hall–Kier alpha value is -0.900. The van der Waals surface area contributed by atoms with E-state index in [4.69, 9.17) is 5.73 Å². The van der Waals surface area contributed by atoms with Gasteiger partial charge in [-0.15, -0.1) is 24.8 Å². The molecule has 0 aromatic heterocycles. The SMILES string of the molecule is CN1CCCN(S(=O)(=O)c2cccc(NC(=O)CN)c2)CC1.Cl.Cl. The smallest absolute Gasteiger partial charge is 0.243 e. The normalized spacial score (nSPS) is 16.4. The fourth-order valence-electron chi connectivity index (χ4n) is 2.36. The summed E-state index contributed by atoms with van der Waals surface area (Å²) in [5.41, 5.74) is 5.68. The van der Waals surface area contributed by atoms with Gasteiger partial charge in [-0.3, -0.25) is 4.79 Å². The molecule has 0 bridgehead atoms. The zero-order valence-corrected chi connectivity index (χ0v) is 15.9. The molecule has 0 atom stereocenters. The van der Waals surface area contributed by atoms with Gasteiger partial charge in [-0.1, -0.05) is 6.07 Å². The number of nitrogens with zero attached hydrogens (tertiary/aromatic N) is 2. The van der Waals surface area contributed by atoms with Gasteiger partial charge in [-0.2, -0.15) is 4.31 Å². The molecule has 0 aliphatic carbocycles. The number of carbonyl (C=O) groups excluding carboxylic acids is 1. The molecule has 1 saturated heterocycles. The van der Waals surface area contributed by atoms with Crippen molar-refractivity contribution in [3.63, 3.8) is 0 Å². The first-order chi connectivity index (χ1) is 10.4. The molecule has 1 fully saturated rings. The molecule has 3 N–H and O–H groups in total.